The van der Waals surface area contributed by atoms with E-state index >= 15 is 0 Å². The summed E-state index contributed by atoms with van der Waals surface area (Å²) in [7, 11) is 0. The SMILES string of the molecule is c1ccc([N](c2ccccc2)[Sb]([N](c2ccccc2)c2ccccc2)[N](c2ccccc2)c2ccccc2)cc1. The summed E-state index contributed by atoms with van der Waals surface area (Å²) in [4.78, 5) is 0. The summed E-state index contributed by atoms with van der Waals surface area (Å²) < 4.78 is 7.80. The van der Waals surface area contributed by atoms with Crippen LogP contribution in [0, 0.1) is 0 Å². The summed E-state index contributed by atoms with van der Waals surface area (Å²) in [5, 5.41) is 0. The van der Waals surface area contributed by atoms with Gasteiger partial charge in [0.05, 0.1) is 0 Å². The molecule has 6 aromatic rings. The molecular weight excluding hydrogens is 596 g/mol. The first kappa shape index (κ1) is 25.8. The minimum atomic E-state index is -3.12. The Hall–Kier alpha value is -4.46. The molecule has 0 radical (unpaired) electrons. The van der Waals surface area contributed by atoms with Crippen LogP contribution in [0.4, 0.5) is 34.1 Å². The summed E-state index contributed by atoms with van der Waals surface area (Å²) in [6.45, 7) is 0. The number of rotatable bonds is 9. The summed E-state index contributed by atoms with van der Waals surface area (Å²) in [6, 6.07) is 64.9. The van der Waals surface area contributed by atoms with Crippen LogP contribution in [0.25, 0.3) is 0 Å². The molecule has 0 heterocycles. The Bertz CT molecular complexity index is 1270. The summed E-state index contributed by atoms with van der Waals surface area (Å²) in [6.07, 6.45) is 0. The van der Waals surface area contributed by atoms with E-state index in [0.717, 1.165) is 0 Å². The third-order valence-electron chi connectivity index (χ3n) is 6.54. The summed E-state index contributed by atoms with van der Waals surface area (Å²) in [5.41, 5.74) is 7.03. The van der Waals surface area contributed by atoms with Gasteiger partial charge in [0.15, 0.2) is 0 Å². The zero-order chi connectivity index (χ0) is 27.0. The Morgan fingerprint density at radius 3 is 0.525 bits per heavy atom. The predicted octanol–water partition coefficient (Wildman–Crippen LogP) is 9.49. The Morgan fingerprint density at radius 2 is 0.375 bits per heavy atom. The van der Waals surface area contributed by atoms with Crippen LogP contribution in [0.2, 0.25) is 0 Å². The average Bonchev–Trinajstić information content (AvgIpc) is 3.04. The van der Waals surface area contributed by atoms with Gasteiger partial charge in [-0.15, -0.1) is 0 Å². The van der Waals surface area contributed by atoms with Crippen molar-refractivity contribution in [1.82, 2.24) is 0 Å². The Labute approximate surface area is 245 Å². The van der Waals surface area contributed by atoms with Crippen LogP contribution in [0.15, 0.2) is 182 Å². The van der Waals surface area contributed by atoms with Gasteiger partial charge in [-0.2, -0.15) is 0 Å². The molecule has 0 unspecified atom stereocenters. The van der Waals surface area contributed by atoms with Crippen molar-refractivity contribution in [1.29, 1.82) is 0 Å². The molecule has 0 aromatic heterocycles. The van der Waals surface area contributed by atoms with Crippen molar-refractivity contribution in [2.75, 3.05) is 9.18 Å². The molecule has 0 aliphatic carbocycles. The van der Waals surface area contributed by atoms with E-state index < -0.39 is 21.0 Å². The van der Waals surface area contributed by atoms with Crippen LogP contribution < -0.4 is 9.18 Å². The van der Waals surface area contributed by atoms with Crippen molar-refractivity contribution >= 4 is 55.2 Å². The van der Waals surface area contributed by atoms with Gasteiger partial charge in [-0.3, -0.25) is 0 Å². The van der Waals surface area contributed by atoms with E-state index in [-0.39, 0.29) is 0 Å². The summed E-state index contributed by atoms with van der Waals surface area (Å²) >= 11 is -3.12. The Morgan fingerprint density at radius 1 is 0.225 bits per heavy atom. The van der Waals surface area contributed by atoms with Crippen LogP contribution in [0.3, 0.4) is 0 Å². The molecule has 40 heavy (non-hydrogen) atoms. The second-order valence-corrected chi connectivity index (χ2v) is 14.2. The number of hydrogen-bond donors (Lipinski definition) is 0. The second-order valence-electron chi connectivity index (χ2n) is 9.22. The maximum absolute atomic E-state index is 3.12. The van der Waals surface area contributed by atoms with Crippen molar-refractivity contribution < 1.29 is 0 Å². The molecule has 194 valence electrons. The quantitative estimate of drug-likeness (QED) is 0.148. The van der Waals surface area contributed by atoms with Gasteiger partial charge in [0.2, 0.25) is 0 Å². The van der Waals surface area contributed by atoms with Crippen molar-refractivity contribution in [2.45, 2.75) is 0 Å². The molecule has 0 spiro atoms. The fourth-order valence-electron chi connectivity index (χ4n) is 4.75. The standard InChI is InChI=1S/3C12H10N.Sb/c3*1-3-7-11(8-4-1)13-12-9-5-2-6-10-12;/h3*1-10H;/q3*-1;+3. The molecule has 0 aliphatic heterocycles. The first-order chi connectivity index (χ1) is 19.9. The first-order valence-corrected chi connectivity index (χ1v) is 16.8. The van der Waals surface area contributed by atoms with Crippen LogP contribution in [0.5, 0.6) is 0 Å². The van der Waals surface area contributed by atoms with Crippen molar-refractivity contribution in [3.63, 3.8) is 0 Å². The van der Waals surface area contributed by atoms with E-state index in [0.29, 0.717) is 0 Å². The molecule has 0 bridgehead atoms. The molecule has 0 N–H and O–H groups in total. The zero-order valence-electron chi connectivity index (χ0n) is 22.1. The molecule has 0 saturated heterocycles. The van der Waals surface area contributed by atoms with Gasteiger partial charge in [0, 0.05) is 0 Å². The predicted molar refractivity (Wildman–Crippen MR) is 171 cm³/mol. The fourth-order valence-corrected chi connectivity index (χ4v) is 12.1. The second kappa shape index (κ2) is 12.6. The van der Waals surface area contributed by atoms with E-state index in [4.69, 9.17) is 0 Å². The molecule has 6 aromatic carbocycles. The first-order valence-electron chi connectivity index (χ1n) is 13.4. The van der Waals surface area contributed by atoms with E-state index in [1.54, 1.807) is 0 Å². The minimum absolute atomic E-state index is 1.17. The topological polar surface area (TPSA) is 9.72 Å². The average molecular weight is 626 g/mol. The van der Waals surface area contributed by atoms with Crippen LogP contribution >= 0.6 is 0 Å². The number of para-hydroxylation sites is 6. The van der Waals surface area contributed by atoms with E-state index in [1.165, 1.54) is 34.1 Å². The van der Waals surface area contributed by atoms with Crippen molar-refractivity contribution in [3.8, 4) is 0 Å². The monoisotopic (exact) mass is 625 g/mol. The molecule has 6 rings (SSSR count). The maximum atomic E-state index is 2.60. The zero-order valence-corrected chi connectivity index (χ0v) is 24.7. The third kappa shape index (κ3) is 5.61. The molecular formula is C36H30N3Sb. The number of hydrogen-bond acceptors (Lipinski definition) is 3. The molecule has 4 heteroatoms. The molecule has 3 nitrogen and oxygen atoms in total. The molecule has 0 amide bonds. The fraction of sp³-hybridized carbons (Fsp3) is 0. The van der Waals surface area contributed by atoms with Gasteiger partial charge in [-0.25, -0.2) is 0 Å². The number of nitrogens with zero attached hydrogens (tertiary/aromatic N) is 3. The van der Waals surface area contributed by atoms with Crippen LogP contribution in [-0.2, 0) is 0 Å². The van der Waals surface area contributed by atoms with Gasteiger partial charge < -0.3 is 0 Å². The van der Waals surface area contributed by atoms with Crippen molar-refractivity contribution in [3.05, 3.63) is 182 Å². The molecule has 0 fully saturated rings. The van der Waals surface area contributed by atoms with Gasteiger partial charge >= 0.3 is 246 Å². The molecule has 0 aliphatic rings. The van der Waals surface area contributed by atoms with E-state index in [1.807, 2.05) is 0 Å². The Balaban J connectivity index is 1.69. The normalized spacial score (nSPS) is 10.7. The molecule has 0 saturated carbocycles. The van der Waals surface area contributed by atoms with E-state index in [2.05, 4.69) is 191 Å². The van der Waals surface area contributed by atoms with Crippen LogP contribution in [-0.4, -0.2) is 21.0 Å². The number of benzene rings is 6. The molecule has 0 atom stereocenters. The van der Waals surface area contributed by atoms with Crippen molar-refractivity contribution in [2.24, 2.45) is 0 Å². The van der Waals surface area contributed by atoms with Gasteiger partial charge in [0.25, 0.3) is 0 Å². The number of anilines is 6. The van der Waals surface area contributed by atoms with E-state index in [9.17, 15) is 0 Å². The summed E-state index contributed by atoms with van der Waals surface area (Å²) in [5.74, 6) is 0. The van der Waals surface area contributed by atoms with Gasteiger partial charge in [-0.05, 0) is 0 Å². The van der Waals surface area contributed by atoms with Gasteiger partial charge in [0.1, 0.15) is 0 Å². The van der Waals surface area contributed by atoms with Gasteiger partial charge in [-0.1, -0.05) is 0 Å². The van der Waals surface area contributed by atoms with Crippen LogP contribution in [0.1, 0.15) is 0 Å². The third-order valence-corrected chi connectivity index (χ3v) is 13.6. The Kier molecular flexibility index (Phi) is 8.12.